The lowest BCUT2D eigenvalue weighted by Crippen LogP contribution is -2.15. The summed E-state index contributed by atoms with van der Waals surface area (Å²) in [7, 11) is 0. The maximum absolute atomic E-state index is 11.9. The fourth-order valence-electron chi connectivity index (χ4n) is 2.16. The lowest BCUT2D eigenvalue weighted by Gasteiger charge is -2.18. The fourth-order valence-corrected chi connectivity index (χ4v) is 2.99. The van der Waals surface area contributed by atoms with Crippen molar-refractivity contribution < 1.29 is 19.0 Å². The molecule has 23 heavy (non-hydrogen) atoms. The van der Waals surface area contributed by atoms with Gasteiger partial charge in [0.25, 0.3) is 0 Å². The maximum atomic E-state index is 11.9. The fraction of sp³-hybridized carbons (Fsp3) is 0.278. The number of aryl methyl sites for hydroxylation is 1. The topological polar surface area (TPSA) is 44.8 Å². The van der Waals surface area contributed by atoms with Crippen LogP contribution in [0.5, 0.6) is 17.2 Å². The van der Waals surface area contributed by atoms with Gasteiger partial charge in [0.1, 0.15) is 19.0 Å². The first kappa shape index (κ1) is 15.7. The largest absolute Gasteiger partial charge is 0.486 e. The molecule has 0 amide bonds. The van der Waals surface area contributed by atoms with Crippen LogP contribution in [-0.4, -0.2) is 24.9 Å². The molecular weight excluding hydrogens is 312 g/mol. The van der Waals surface area contributed by atoms with Crippen LogP contribution in [-0.2, 0) is 4.79 Å². The molecule has 120 valence electrons. The molecule has 0 fully saturated rings. The number of carbonyl (C=O) groups is 1. The number of carbonyl (C=O) groups excluding carboxylic acids is 1. The highest BCUT2D eigenvalue weighted by atomic mass is 32.2. The highest BCUT2D eigenvalue weighted by Gasteiger charge is 2.13. The van der Waals surface area contributed by atoms with Gasteiger partial charge in [0.15, 0.2) is 11.5 Å². The van der Waals surface area contributed by atoms with Gasteiger partial charge in [-0.3, -0.25) is 4.79 Å². The molecule has 1 heterocycles. The van der Waals surface area contributed by atoms with Gasteiger partial charge in [-0.1, -0.05) is 17.7 Å². The molecule has 0 unspecified atom stereocenters. The Morgan fingerprint density at radius 2 is 1.83 bits per heavy atom. The molecule has 0 saturated heterocycles. The first-order chi connectivity index (χ1) is 11.2. The standard InChI is InChI=1S/C18H18O4S/c1-13-2-5-15(6-3-13)23-11-8-18(19)22-14-4-7-16-17(12-14)21-10-9-20-16/h2-7,12H,8-11H2,1H3. The van der Waals surface area contributed by atoms with E-state index in [-0.39, 0.29) is 5.97 Å². The van der Waals surface area contributed by atoms with Crippen LogP contribution in [0.1, 0.15) is 12.0 Å². The second-order valence-electron chi connectivity index (χ2n) is 5.19. The molecule has 2 aromatic carbocycles. The van der Waals surface area contributed by atoms with E-state index in [1.165, 1.54) is 5.56 Å². The van der Waals surface area contributed by atoms with Gasteiger partial charge in [0.05, 0.1) is 6.42 Å². The SMILES string of the molecule is Cc1ccc(SCCC(=O)Oc2ccc3c(c2)OCCO3)cc1. The number of benzene rings is 2. The summed E-state index contributed by atoms with van der Waals surface area (Å²) in [6.07, 6.45) is 0.354. The van der Waals surface area contributed by atoms with Crippen molar-refractivity contribution in [2.75, 3.05) is 19.0 Å². The van der Waals surface area contributed by atoms with Gasteiger partial charge < -0.3 is 14.2 Å². The number of esters is 1. The number of thioether (sulfide) groups is 1. The number of ether oxygens (including phenoxy) is 3. The zero-order valence-corrected chi connectivity index (χ0v) is 13.7. The Balaban J connectivity index is 1.48. The predicted molar refractivity (Wildman–Crippen MR) is 89.6 cm³/mol. The van der Waals surface area contributed by atoms with Crippen molar-refractivity contribution >= 4 is 17.7 Å². The number of rotatable bonds is 5. The third-order valence-corrected chi connectivity index (χ3v) is 4.35. The van der Waals surface area contributed by atoms with Gasteiger partial charge in [0, 0.05) is 16.7 Å². The van der Waals surface area contributed by atoms with Crippen molar-refractivity contribution in [1.29, 1.82) is 0 Å². The molecule has 0 radical (unpaired) electrons. The second-order valence-corrected chi connectivity index (χ2v) is 6.36. The average Bonchev–Trinajstić information content (AvgIpc) is 2.56. The second kappa shape index (κ2) is 7.42. The minimum Gasteiger partial charge on any atom is -0.486 e. The van der Waals surface area contributed by atoms with E-state index in [4.69, 9.17) is 14.2 Å². The first-order valence-electron chi connectivity index (χ1n) is 7.50. The molecule has 0 atom stereocenters. The third-order valence-electron chi connectivity index (χ3n) is 3.34. The zero-order valence-electron chi connectivity index (χ0n) is 12.9. The van der Waals surface area contributed by atoms with E-state index >= 15 is 0 Å². The smallest absolute Gasteiger partial charge is 0.312 e. The van der Waals surface area contributed by atoms with Crippen LogP contribution in [0.3, 0.4) is 0 Å². The molecule has 4 nitrogen and oxygen atoms in total. The predicted octanol–water partition coefficient (Wildman–Crippen LogP) is 3.85. The Kier molecular flexibility index (Phi) is 5.08. The van der Waals surface area contributed by atoms with Crippen LogP contribution >= 0.6 is 11.8 Å². The van der Waals surface area contributed by atoms with E-state index < -0.39 is 0 Å². The van der Waals surface area contributed by atoms with E-state index in [1.54, 1.807) is 30.0 Å². The van der Waals surface area contributed by atoms with Crippen molar-refractivity contribution in [3.63, 3.8) is 0 Å². The zero-order chi connectivity index (χ0) is 16.1. The monoisotopic (exact) mass is 330 g/mol. The summed E-state index contributed by atoms with van der Waals surface area (Å²) in [6.45, 7) is 3.11. The molecule has 5 heteroatoms. The van der Waals surface area contributed by atoms with Gasteiger partial charge in [-0.25, -0.2) is 0 Å². The van der Waals surface area contributed by atoms with Crippen molar-refractivity contribution in [2.24, 2.45) is 0 Å². The summed E-state index contributed by atoms with van der Waals surface area (Å²) < 4.78 is 16.3. The number of hydrogen-bond donors (Lipinski definition) is 0. The molecule has 0 spiro atoms. The third kappa shape index (κ3) is 4.42. The van der Waals surface area contributed by atoms with Crippen molar-refractivity contribution in [2.45, 2.75) is 18.2 Å². The lowest BCUT2D eigenvalue weighted by atomic mass is 10.2. The Morgan fingerprint density at radius 1 is 1.09 bits per heavy atom. The molecule has 1 aliphatic rings. The molecule has 0 N–H and O–H groups in total. The van der Waals surface area contributed by atoms with Crippen molar-refractivity contribution in [3.05, 3.63) is 48.0 Å². The van der Waals surface area contributed by atoms with Crippen LogP contribution < -0.4 is 14.2 Å². The summed E-state index contributed by atoms with van der Waals surface area (Å²) in [5.74, 6) is 2.23. The van der Waals surface area contributed by atoms with Crippen LogP contribution in [0.15, 0.2) is 47.4 Å². The van der Waals surface area contributed by atoms with E-state index in [0.29, 0.717) is 42.6 Å². The normalized spacial score (nSPS) is 12.7. The highest BCUT2D eigenvalue weighted by molar-refractivity contribution is 7.99. The van der Waals surface area contributed by atoms with Crippen LogP contribution in [0, 0.1) is 6.92 Å². The minimum absolute atomic E-state index is 0.249. The summed E-state index contributed by atoms with van der Waals surface area (Å²) >= 11 is 1.65. The van der Waals surface area contributed by atoms with E-state index in [9.17, 15) is 4.79 Å². The molecule has 0 bridgehead atoms. The number of fused-ring (bicyclic) bond motifs is 1. The van der Waals surface area contributed by atoms with E-state index in [0.717, 1.165) is 4.90 Å². The van der Waals surface area contributed by atoms with Gasteiger partial charge in [0.2, 0.25) is 0 Å². The molecule has 1 aliphatic heterocycles. The minimum atomic E-state index is -0.249. The van der Waals surface area contributed by atoms with Crippen LogP contribution in [0.4, 0.5) is 0 Å². The summed E-state index contributed by atoms with van der Waals surface area (Å²) in [6, 6.07) is 13.4. The Morgan fingerprint density at radius 3 is 2.61 bits per heavy atom. The molecule has 2 aromatic rings. The average molecular weight is 330 g/mol. The Hall–Kier alpha value is -2.14. The summed E-state index contributed by atoms with van der Waals surface area (Å²) in [5, 5.41) is 0. The first-order valence-corrected chi connectivity index (χ1v) is 8.49. The maximum Gasteiger partial charge on any atom is 0.312 e. The van der Waals surface area contributed by atoms with Crippen LogP contribution in [0.2, 0.25) is 0 Å². The summed E-state index contributed by atoms with van der Waals surface area (Å²) in [5.41, 5.74) is 1.23. The quantitative estimate of drug-likeness (QED) is 0.473. The summed E-state index contributed by atoms with van der Waals surface area (Å²) in [4.78, 5) is 13.1. The highest BCUT2D eigenvalue weighted by Crippen LogP contribution is 2.33. The van der Waals surface area contributed by atoms with Gasteiger partial charge in [-0.15, -0.1) is 11.8 Å². The van der Waals surface area contributed by atoms with Crippen molar-refractivity contribution in [1.82, 2.24) is 0 Å². The molecule has 0 saturated carbocycles. The van der Waals surface area contributed by atoms with Gasteiger partial charge in [-0.2, -0.15) is 0 Å². The molecule has 0 aromatic heterocycles. The lowest BCUT2D eigenvalue weighted by molar-refractivity contribution is -0.133. The van der Waals surface area contributed by atoms with E-state index in [2.05, 4.69) is 31.2 Å². The van der Waals surface area contributed by atoms with Gasteiger partial charge >= 0.3 is 5.97 Å². The Labute approximate surface area is 139 Å². The van der Waals surface area contributed by atoms with Crippen molar-refractivity contribution in [3.8, 4) is 17.2 Å². The van der Waals surface area contributed by atoms with Gasteiger partial charge in [-0.05, 0) is 31.2 Å². The van der Waals surface area contributed by atoms with Crippen LogP contribution in [0.25, 0.3) is 0 Å². The molecular formula is C18H18O4S. The molecule has 0 aliphatic carbocycles. The number of hydrogen-bond acceptors (Lipinski definition) is 5. The Bertz CT molecular complexity index is 682. The van der Waals surface area contributed by atoms with E-state index in [1.807, 2.05) is 0 Å². The molecule has 3 rings (SSSR count).